The minimum Gasteiger partial charge on any atom is -0.390 e. The van der Waals surface area contributed by atoms with Gasteiger partial charge in [0.1, 0.15) is 0 Å². The molecule has 0 radical (unpaired) electrons. The highest BCUT2D eigenvalue weighted by molar-refractivity contribution is 7.17. The fourth-order valence-corrected chi connectivity index (χ4v) is 4.30. The van der Waals surface area contributed by atoms with Crippen molar-refractivity contribution in [3.8, 4) is 11.3 Å². The maximum absolute atomic E-state index is 9.83. The standard InChI is InChI=1S/C16H16N2OS/c19-10-13-15(11-6-2-1-3-7-11)17-16-18(13)12-8-4-5-9-14(12)20-16/h1-3,6-7,19H,4-5,8-10H2. The van der Waals surface area contributed by atoms with E-state index < -0.39 is 0 Å². The Labute approximate surface area is 121 Å². The zero-order valence-electron chi connectivity index (χ0n) is 11.2. The van der Waals surface area contributed by atoms with Crippen molar-refractivity contribution in [3.05, 3.63) is 46.6 Å². The SMILES string of the molecule is OCc1c(-c2ccccc2)nc2sc3c(n12)CCCC3. The highest BCUT2D eigenvalue weighted by Crippen LogP contribution is 2.34. The Hall–Kier alpha value is -1.65. The van der Waals surface area contributed by atoms with Gasteiger partial charge in [0.2, 0.25) is 0 Å². The summed E-state index contributed by atoms with van der Waals surface area (Å²) >= 11 is 1.79. The molecule has 0 atom stereocenters. The van der Waals surface area contributed by atoms with Crippen molar-refractivity contribution in [3.63, 3.8) is 0 Å². The largest absolute Gasteiger partial charge is 0.390 e. The van der Waals surface area contributed by atoms with Crippen molar-refractivity contribution < 1.29 is 5.11 Å². The minimum atomic E-state index is 0.0363. The Morgan fingerprint density at radius 3 is 2.75 bits per heavy atom. The predicted octanol–water partition coefficient (Wildman–Crippen LogP) is 3.43. The molecule has 2 heterocycles. The minimum absolute atomic E-state index is 0.0363. The molecule has 2 aromatic heterocycles. The molecule has 102 valence electrons. The van der Waals surface area contributed by atoms with E-state index in [-0.39, 0.29) is 6.61 Å². The number of thiazole rings is 1. The van der Waals surface area contributed by atoms with Crippen LogP contribution in [0, 0.1) is 0 Å². The lowest BCUT2D eigenvalue weighted by Gasteiger charge is -2.12. The molecule has 1 aromatic carbocycles. The van der Waals surface area contributed by atoms with Crippen LogP contribution in [0.25, 0.3) is 16.2 Å². The Kier molecular flexibility index (Phi) is 2.86. The number of aryl methyl sites for hydroxylation is 2. The van der Waals surface area contributed by atoms with Gasteiger partial charge in [-0.25, -0.2) is 4.98 Å². The molecule has 0 saturated carbocycles. The van der Waals surface area contributed by atoms with E-state index in [1.54, 1.807) is 11.3 Å². The number of aliphatic hydroxyl groups is 1. The number of benzene rings is 1. The Morgan fingerprint density at radius 1 is 1.15 bits per heavy atom. The average Bonchev–Trinajstić information content (AvgIpc) is 3.03. The molecular formula is C16H16N2OS. The van der Waals surface area contributed by atoms with E-state index >= 15 is 0 Å². The molecule has 1 aliphatic rings. The molecule has 0 saturated heterocycles. The smallest absolute Gasteiger partial charge is 0.195 e. The van der Waals surface area contributed by atoms with Crippen LogP contribution in [-0.2, 0) is 19.4 Å². The van der Waals surface area contributed by atoms with Gasteiger partial charge in [-0.3, -0.25) is 4.40 Å². The number of aliphatic hydroxyl groups excluding tert-OH is 1. The first-order valence-corrected chi connectivity index (χ1v) is 7.88. The maximum Gasteiger partial charge on any atom is 0.195 e. The summed E-state index contributed by atoms with van der Waals surface area (Å²) in [4.78, 5) is 7.26. The topological polar surface area (TPSA) is 37.5 Å². The van der Waals surface area contributed by atoms with Crippen LogP contribution in [0.1, 0.15) is 29.1 Å². The Morgan fingerprint density at radius 2 is 1.95 bits per heavy atom. The number of nitrogens with zero attached hydrogens (tertiary/aromatic N) is 2. The molecule has 3 nitrogen and oxygen atoms in total. The summed E-state index contributed by atoms with van der Waals surface area (Å²) in [5.41, 5.74) is 4.31. The molecule has 0 aliphatic heterocycles. The second kappa shape index (κ2) is 4.72. The van der Waals surface area contributed by atoms with E-state index in [4.69, 9.17) is 4.98 Å². The first-order chi connectivity index (χ1) is 9.88. The second-order valence-electron chi connectivity index (χ2n) is 5.23. The van der Waals surface area contributed by atoms with Gasteiger partial charge in [-0.2, -0.15) is 0 Å². The van der Waals surface area contributed by atoms with E-state index in [2.05, 4.69) is 16.5 Å². The monoisotopic (exact) mass is 284 g/mol. The molecule has 4 rings (SSSR count). The molecular weight excluding hydrogens is 268 g/mol. The highest BCUT2D eigenvalue weighted by atomic mass is 32.1. The molecule has 4 heteroatoms. The van der Waals surface area contributed by atoms with Gasteiger partial charge in [-0.05, 0) is 25.7 Å². The van der Waals surface area contributed by atoms with E-state index in [1.165, 1.54) is 23.4 Å². The summed E-state index contributed by atoms with van der Waals surface area (Å²) in [7, 11) is 0. The maximum atomic E-state index is 9.83. The number of aromatic nitrogens is 2. The van der Waals surface area contributed by atoms with Crippen LogP contribution in [-0.4, -0.2) is 14.5 Å². The van der Waals surface area contributed by atoms with E-state index in [1.807, 2.05) is 18.2 Å². The third-order valence-electron chi connectivity index (χ3n) is 4.01. The normalized spacial score (nSPS) is 14.7. The Bertz CT molecular complexity index is 758. The van der Waals surface area contributed by atoms with Crippen molar-refractivity contribution in [2.75, 3.05) is 0 Å². The molecule has 0 fully saturated rings. The average molecular weight is 284 g/mol. The molecule has 3 aromatic rings. The van der Waals surface area contributed by atoms with E-state index in [0.29, 0.717) is 0 Å². The Balaban J connectivity index is 1.98. The van der Waals surface area contributed by atoms with Crippen molar-refractivity contribution in [2.24, 2.45) is 0 Å². The lowest BCUT2D eigenvalue weighted by Crippen LogP contribution is -2.05. The number of hydrogen-bond acceptors (Lipinski definition) is 3. The number of imidazole rings is 1. The molecule has 1 aliphatic carbocycles. The van der Waals surface area contributed by atoms with Crippen LogP contribution in [0.15, 0.2) is 30.3 Å². The molecule has 0 amide bonds. The highest BCUT2D eigenvalue weighted by Gasteiger charge is 2.22. The molecule has 1 N–H and O–H groups in total. The summed E-state index contributed by atoms with van der Waals surface area (Å²) in [6, 6.07) is 10.1. The van der Waals surface area contributed by atoms with Crippen molar-refractivity contribution >= 4 is 16.3 Å². The molecule has 0 bridgehead atoms. The molecule has 0 unspecified atom stereocenters. The summed E-state index contributed by atoms with van der Waals surface area (Å²) in [5.74, 6) is 0. The number of hydrogen-bond donors (Lipinski definition) is 1. The lowest BCUT2D eigenvalue weighted by atomic mass is 10.0. The summed E-state index contributed by atoms with van der Waals surface area (Å²) in [6.07, 6.45) is 4.78. The lowest BCUT2D eigenvalue weighted by molar-refractivity contribution is 0.276. The van der Waals surface area contributed by atoms with Gasteiger partial charge in [0, 0.05) is 16.1 Å². The van der Waals surface area contributed by atoms with Gasteiger partial charge >= 0.3 is 0 Å². The van der Waals surface area contributed by atoms with Crippen LogP contribution in [0.5, 0.6) is 0 Å². The van der Waals surface area contributed by atoms with Gasteiger partial charge in [-0.15, -0.1) is 11.3 Å². The summed E-state index contributed by atoms with van der Waals surface area (Å²) < 4.78 is 2.20. The fourth-order valence-electron chi connectivity index (χ4n) is 3.07. The van der Waals surface area contributed by atoms with Gasteiger partial charge in [-0.1, -0.05) is 30.3 Å². The first-order valence-electron chi connectivity index (χ1n) is 7.06. The summed E-state index contributed by atoms with van der Waals surface area (Å²) in [5, 5.41) is 9.83. The molecule has 20 heavy (non-hydrogen) atoms. The quantitative estimate of drug-likeness (QED) is 0.783. The predicted molar refractivity (Wildman–Crippen MR) is 81.1 cm³/mol. The van der Waals surface area contributed by atoms with Gasteiger partial charge < -0.3 is 5.11 Å². The van der Waals surface area contributed by atoms with Crippen molar-refractivity contribution in [2.45, 2.75) is 32.3 Å². The third-order valence-corrected chi connectivity index (χ3v) is 5.16. The second-order valence-corrected chi connectivity index (χ2v) is 6.29. The zero-order chi connectivity index (χ0) is 13.5. The van der Waals surface area contributed by atoms with Crippen LogP contribution in [0.3, 0.4) is 0 Å². The van der Waals surface area contributed by atoms with Crippen LogP contribution >= 0.6 is 11.3 Å². The van der Waals surface area contributed by atoms with Crippen molar-refractivity contribution in [1.82, 2.24) is 9.38 Å². The fraction of sp³-hybridized carbons (Fsp3) is 0.312. The first kappa shape index (κ1) is 12.1. The van der Waals surface area contributed by atoms with Crippen molar-refractivity contribution in [1.29, 1.82) is 0 Å². The van der Waals surface area contributed by atoms with Crippen LogP contribution in [0.4, 0.5) is 0 Å². The van der Waals surface area contributed by atoms with Gasteiger partial charge in [0.25, 0.3) is 0 Å². The van der Waals surface area contributed by atoms with Crippen LogP contribution < -0.4 is 0 Å². The summed E-state index contributed by atoms with van der Waals surface area (Å²) in [6.45, 7) is 0.0363. The van der Waals surface area contributed by atoms with E-state index in [0.717, 1.165) is 34.8 Å². The number of rotatable bonds is 2. The molecule has 0 spiro atoms. The van der Waals surface area contributed by atoms with E-state index in [9.17, 15) is 5.11 Å². The zero-order valence-corrected chi connectivity index (χ0v) is 12.0. The third kappa shape index (κ3) is 1.72. The van der Waals surface area contributed by atoms with Crippen LogP contribution in [0.2, 0.25) is 0 Å². The van der Waals surface area contributed by atoms with Gasteiger partial charge in [0.15, 0.2) is 4.96 Å². The number of fused-ring (bicyclic) bond motifs is 3. The van der Waals surface area contributed by atoms with Gasteiger partial charge in [0.05, 0.1) is 18.0 Å².